The van der Waals surface area contributed by atoms with Crippen molar-refractivity contribution in [1.82, 2.24) is 20.4 Å². The number of nitrogens with zero attached hydrogens (tertiary/aromatic N) is 3. The van der Waals surface area contributed by atoms with Gasteiger partial charge in [0, 0.05) is 58.8 Å². The molecule has 1 amide bonds. The number of aliphatic imine (C=N–C) groups is 1. The van der Waals surface area contributed by atoms with E-state index in [1.807, 2.05) is 14.1 Å². The summed E-state index contributed by atoms with van der Waals surface area (Å²) in [5, 5.41) is 7.03. The number of amides is 1. The molecule has 2 aliphatic rings. The third kappa shape index (κ3) is 8.86. The van der Waals surface area contributed by atoms with Gasteiger partial charge in [0.15, 0.2) is 5.96 Å². The summed E-state index contributed by atoms with van der Waals surface area (Å²) in [5.41, 5.74) is 0.142. The summed E-state index contributed by atoms with van der Waals surface area (Å²) in [4.78, 5) is 20.8. The molecule has 7 nitrogen and oxygen atoms in total. The molecule has 0 aromatic carbocycles. The number of guanidine groups is 1. The molecule has 2 N–H and O–H groups in total. The highest BCUT2D eigenvalue weighted by atomic mass is 127. The van der Waals surface area contributed by atoms with Crippen LogP contribution < -0.4 is 10.6 Å². The molecular weight excluding hydrogens is 493 g/mol. The van der Waals surface area contributed by atoms with Crippen LogP contribution in [0, 0.1) is 11.3 Å². The van der Waals surface area contributed by atoms with Crippen LogP contribution in [-0.4, -0.2) is 87.2 Å². The minimum Gasteiger partial charge on any atom is -0.377 e. The van der Waals surface area contributed by atoms with Crippen molar-refractivity contribution in [2.45, 2.75) is 65.5 Å². The Morgan fingerprint density at radius 2 is 1.87 bits per heavy atom. The van der Waals surface area contributed by atoms with Crippen molar-refractivity contribution < 1.29 is 9.53 Å². The van der Waals surface area contributed by atoms with E-state index in [9.17, 15) is 4.79 Å². The Labute approximate surface area is 200 Å². The lowest BCUT2D eigenvalue weighted by Crippen LogP contribution is -2.50. The number of hydrogen-bond donors (Lipinski definition) is 2. The molecule has 8 heteroatoms. The maximum atomic E-state index is 11.9. The van der Waals surface area contributed by atoms with Gasteiger partial charge in [-0.3, -0.25) is 14.7 Å². The topological polar surface area (TPSA) is 69.2 Å². The van der Waals surface area contributed by atoms with Gasteiger partial charge >= 0.3 is 0 Å². The lowest BCUT2D eigenvalue weighted by Gasteiger charge is -2.39. The number of hydrogen-bond acceptors (Lipinski definition) is 4. The molecule has 2 rings (SSSR count). The molecule has 0 spiro atoms. The highest BCUT2D eigenvalue weighted by Gasteiger charge is 2.35. The normalized spacial score (nSPS) is 24.1. The van der Waals surface area contributed by atoms with Crippen molar-refractivity contribution in [3.8, 4) is 0 Å². The maximum absolute atomic E-state index is 11.9. The number of nitrogens with one attached hydrogen (secondary N) is 2. The number of piperidine rings is 1. The van der Waals surface area contributed by atoms with E-state index >= 15 is 0 Å². The number of halogens is 1. The predicted molar refractivity (Wildman–Crippen MR) is 135 cm³/mol. The van der Waals surface area contributed by atoms with Gasteiger partial charge in [0.2, 0.25) is 5.91 Å². The zero-order valence-corrected chi connectivity index (χ0v) is 22.2. The maximum Gasteiger partial charge on any atom is 0.236 e. The van der Waals surface area contributed by atoms with Crippen LogP contribution >= 0.6 is 24.0 Å². The molecule has 2 saturated heterocycles. The molecule has 176 valence electrons. The lowest BCUT2D eigenvalue weighted by atomic mass is 9.78. The Morgan fingerprint density at radius 1 is 1.20 bits per heavy atom. The van der Waals surface area contributed by atoms with Crippen LogP contribution in [0.3, 0.4) is 0 Å². The second-order valence-corrected chi connectivity index (χ2v) is 9.76. The molecule has 30 heavy (non-hydrogen) atoms. The third-order valence-corrected chi connectivity index (χ3v) is 5.91. The van der Waals surface area contributed by atoms with E-state index in [2.05, 4.69) is 43.2 Å². The summed E-state index contributed by atoms with van der Waals surface area (Å²) >= 11 is 0. The van der Waals surface area contributed by atoms with Gasteiger partial charge in [0.1, 0.15) is 0 Å². The predicted octanol–water partition coefficient (Wildman–Crippen LogP) is 2.55. The number of likely N-dealkylation sites (N-methyl/N-ethyl adjacent to an activating group) is 1. The SMILES string of the molecule is CCNC(=NCC1CCCOC1C(C)(C)C)NC1CCN(CC(=O)N(C)C)CC1.I. The Hall–Kier alpha value is -0.610. The molecule has 0 aromatic rings. The Balaban J connectivity index is 0.00000450. The lowest BCUT2D eigenvalue weighted by molar-refractivity contribution is -0.130. The van der Waals surface area contributed by atoms with Crippen molar-refractivity contribution >= 4 is 35.8 Å². The molecule has 2 atom stereocenters. The first-order chi connectivity index (χ1) is 13.7. The number of rotatable bonds is 6. The Bertz CT molecular complexity index is 542. The third-order valence-electron chi connectivity index (χ3n) is 5.91. The average Bonchev–Trinajstić information content (AvgIpc) is 2.67. The van der Waals surface area contributed by atoms with Crippen LogP contribution in [0.5, 0.6) is 0 Å². The van der Waals surface area contributed by atoms with Crippen LogP contribution in [0.15, 0.2) is 4.99 Å². The van der Waals surface area contributed by atoms with Crippen LogP contribution in [0.25, 0.3) is 0 Å². The van der Waals surface area contributed by atoms with Crippen molar-refractivity contribution in [2.24, 2.45) is 16.3 Å². The summed E-state index contributed by atoms with van der Waals surface area (Å²) in [6.45, 7) is 13.8. The monoisotopic (exact) mass is 537 g/mol. The van der Waals surface area contributed by atoms with Gasteiger partial charge in [0.05, 0.1) is 12.6 Å². The van der Waals surface area contributed by atoms with E-state index in [1.54, 1.807) is 4.90 Å². The smallest absolute Gasteiger partial charge is 0.236 e. The molecule has 0 aliphatic carbocycles. The van der Waals surface area contributed by atoms with Crippen LogP contribution in [-0.2, 0) is 9.53 Å². The number of carbonyl (C=O) groups is 1. The first-order valence-electron chi connectivity index (χ1n) is 11.3. The summed E-state index contributed by atoms with van der Waals surface area (Å²) < 4.78 is 6.11. The van der Waals surface area contributed by atoms with Crippen LogP contribution in [0.2, 0.25) is 0 Å². The minimum atomic E-state index is 0. The highest BCUT2D eigenvalue weighted by molar-refractivity contribution is 14.0. The highest BCUT2D eigenvalue weighted by Crippen LogP contribution is 2.34. The fraction of sp³-hybridized carbons (Fsp3) is 0.909. The van der Waals surface area contributed by atoms with Crippen molar-refractivity contribution in [3.05, 3.63) is 0 Å². The van der Waals surface area contributed by atoms with Gasteiger partial charge in [-0.15, -0.1) is 24.0 Å². The number of ether oxygens (including phenoxy) is 1. The summed E-state index contributed by atoms with van der Waals surface area (Å²) in [7, 11) is 3.63. The Kier molecular flexibility index (Phi) is 11.9. The van der Waals surface area contributed by atoms with Gasteiger partial charge in [-0.2, -0.15) is 0 Å². The molecule has 0 aromatic heterocycles. The average molecular weight is 538 g/mol. The van der Waals surface area contributed by atoms with E-state index in [4.69, 9.17) is 9.73 Å². The summed E-state index contributed by atoms with van der Waals surface area (Å²) in [6, 6.07) is 0.402. The van der Waals surface area contributed by atoms with E-state index in [0.717, 1.165) is 58.0 Å². The van der Waals surface area contributed by atoms with Crippen molar-refractivity contribution in [3.63, 3.8) is 0 Å². The van der Waals surface area contributed by atoms with Gasteiger partial charge in [0.25, 0.3) is 0 Å². The van der Waals surface area contributed by atoms with Crippen molar-refractivity contribution in [1.29, 1.82) is 0 Å². The largest absolute Gasteiger partial charge is 0.377 e. The fourth-order valence-electron chi connectivity index (χ4n) is 4.28. The van der Waals surface area contributed by atoms with Gasteiger partial charge < -0.3 is 20.3 Å². The van der Waals surface area contributed by atoms with E-state index < -0.39 is 0 Å². The van der Waals surface area contributed by atoms with Crippen LogP contribution in [0.1, 0.15) is 53.4 Å². The fourth-order valence-corrected chi connectivity index (χ4v) is 4.28. The molecule has 2 aliphatic heterocycles. The molecule has 2 fully saturated rings. The van der Waals surface area contributed by atoms with Crippen LogP contribution in [0.4, 0.5) is 0 Å². The summed E-state index contributed by atoms with van der Waals surface area (Å²) in [5.74, 6) is 1.56. The number of carbonyl (C=O) groups excluding carboxylic acids is 1. The molecule has 2 heterocycles. The standard InChI is InChI=1S/C22H43N5O2.HI/c1-7-23-21(24-15-17-9-8-14-29-20(17)22(2,3)4)25-18-10-12-27(13-11-18)16-19(28)26(5)6;/h17-18,20H,7-16H2,1-6H3,(H2,23,24,25);1H. The second-order valence-electron chi connectivity index (χ2n) is 9.76. The molecule has 2 unspecified atom stereocenters. The molecule has 0 radical (unpaired) electrons. The zero-order chi connectivity index (χ0) is 21.4. The summed E-state index contributed by atoms with van der Waals surface area (Å²) in [6.07, 6.45) is 4.63. The Morgan fingerprint density at radius 3 is 2.43 bits per heavy atom. The zero-order valence-electron chi connectivity index (χ0n) is 19.9. The first kappa shape index (κ1) is 27.4. The van der Waals surface area contributed by atoms with E-state index in [-0.39, 0.29) is 41.4 Å². The molecule has 0 saturated carbocycles. The molecule has 0 bridgehead atoms. The second kappa shape index (κ2) is 13.1. The first-order valence-corrected chi connectivity index (χ1v) is 11.3. The van der Waals surface area contributed by atoms with Gasteiger partial charge in [-0.1, -0.05) is 20.8 Å². The van der Waals surface area contributed by atoms with E-state index in [0.29, 0.717) is 18.5 Å². The van der Waals surface area contributed by atoms with Gasteiger partial charge in [-0.05, 0) is 38.0 Å². The van der Waals surface area contributed by atoms with E-state index in [1.165, 1.54) is 6.42 Å². The molecular formula is C22H44IN5O2. The minimum absolute atomic E-state index is 0. The van der Waals surface area contributed by atoms with Gasteiger partial charge in [-0.25, -0.2) is 0 Å². The quantitative estimate of drug-likeness (QED) is 0.310. The number of likely N-dealkylation sites (tertiary alicyclic amines) is 1. The van der Waals surface area contributed by atoms with Crippen molar-refractivity contribution in [2.75, 3.05) is 53.4 Å².